The molecule has 0 amide bonds. The number of hydrogen-bond acceptors (Lipinski definition) is 2. The summed E-state index contributed by atoms with van der Waals surface area (Å²) in [6.45, 7) is 6.20. The van der Waals surface area contributed by atoms with Gasteiger partial charge in [0.1, 0.15) is 0 Å². The molecule has 2 aromatic rings. The maximum atomic E-state index is 6.42. The molecular formula is C18H20N2. The van der Waals surface area contributed by atoms with E-state index in [1.807, 2.05) is 0 Å². The van der Waals surface area contributed by atoms with Crippen molar-refractivity contribution in [3.8, 4) is 0 Å². The maximum absolute atomic E-state index is 6.42. The number of nitrogens with zero attached hydrogens (tertiary/aromatic N) is 1. The van der Waals surface area contributed by atoms with E-state index >= 15 is 0 Å². The van der Waals surface area contributed by atoms with E-state index in [0.29, 0.717) is 0 Å². The number of hydrogen-bond donors (Lipinski definition) is 1. The Balaban J connectivity index is 2.30. The molecule has 1 heterocycles. The average molecular weight is 264 g/mol. The molecule has 102 valence electrons. The Kier molecular flexibility index (Phi) is 3.23. The van der Waals surface area contributed by atoms with Gasteiger partial charge in [-0.15, -0.1) is 0 Å². The fraction of sp³-hybridized carbons (Fsp3) is 0.222. The Hall–Kier alpha value is -2.22. The lowest BCUT2D eigenvalue weighted by molar-refractivity contribution is 0.826. The first-order valence-electron chi connectivity index (χ1n) is 7.11. The molecule has 2 aromatic carbocycles. The van der Waals surface area contributed by atoms with Crippen LogP contribution in [0.3, 0.4) is 0 Å². The molecule has 2 heteroatoms. The predicted octanol–water partition coefficient (Wildman–Crippen LogP) is 3.87. The van der Waals surface area contributed by atoms with Gasteiger partial charge in [-0.05, 0) is 31.1 Å². The van der Waals surface area contributed by atoms with E-state index < -0.39 is 0 Å². The molecule has 0 saturated heterocycles. The molecule has 0 atom stereocenters. The molecule has 0 spiro atoms. The van der Waals surface area contributed by atoms with Crippen molar-refractivity contribution in [3.05, 3.63) is 65.2 Å². The number of benzene rings is 2. The van der Waals surface area contributed by atoms with Gasteiger partial charge in [0, 0.05) is 35.6 Å². The number of para-hydroxylation sites is 1. The van der Waals surface area contributed by atoms with Crippen molar-refractivity contribution in [2.45, 2.75) is 20.4 Å². The molecule has 0 saturated carbocycles. The van der Waals surface area contributed by atoms with Crippen molar-refractivity contribution in [3.63, 3.8) is 0 Å². The standard InChI is InChI=1S/C18H20N2/c1-3-20-12-14-8-4-5-10-16(14)18(19)13(2)15-9-6-7-11-17(15)20/h4-11H,3,12,19H2,1-2H3/b18-13+. The van der Waals surface area contributed by atoms with Crippen molar-refractivity contribution < 1.29 is 0 Å². The molecular weight excluding hydrogens is 244 g/mol. The second-order valence-electron chi connectivity index (χ2n) is 5.23. The van der Waals surface area contributed by atoms with Crippen molar-refractivity contribution in [2.75, 3.05) is 11.4 Å². The van der Waals surface area contributed by atoms with Crippen LogP contribution in [0.2, 0.25) is 0 Å². The van der Waals surface area contributed by atoms with Gasteiger partial charge in [-0.3, -0.25) is 0 Å². The molecule has 2 nitrogen and oxygen atoms in total. The third-order valence-electron chi connectivity index (χ3n) is 4.10. The molecule has 0 bridgehead atoms. The van der Waals surface area contributed by atoms with Crippen molar-refractivity contribution in [2.24, 2.45) is 5.73 Å². The average Bonchev–Trinajstić information content (AvgIpc) is 2.50. The minimum atomic E-state index is 0.892. The van der Waals surface area contributed by atoms with Gasteiger partial charge in [0.2, 0.25) is 0 Å². The van der Waals surface area contributed by atoms with Crippen LogP contribution < -0.4 is 10.6 Å². The van der Waals surface area contributed by atoms with Crippen molar-refractivity contribution in [1.29, 1.82) is 0 Å². The zero-order valence-electron chi connectivity index (χ0n) is 12.1. The summed E-state index contributed by atoms with van der Waals surface area (Å²) < 4.78 is 0. The summed E-state index contributed by atoms with van der Waals surface area (Å²) in [6.07, 6.45) is 0. The summed E-state index contributed by atoms with van der Waals surface area (Å²) >= 11 is 0. The highest BCUT2D eigenvalue weighted by atomic mass is 15.1. The Bertz CT molecular complexity index is 671. The zero-order valence-corrected chi connectivity index (χ0v) is 12.1. The summed E-state index contributed by atoms with van der Waals surface area (Å²) in [6, 6.07) is 17.0. The van der Waals surface area contributed by atoms with E-state index in [1.54, 1.807) is 0 Å². The quantitative estimate of drug-likeness (QED) is 0.847. The lowest BCUT2D eigenvalue weighted by Gasteiger charge is -2.30. The van der Waals surface area contributed by atoms with E-state index in [2.05, 4.69) is 67.3 Å². The zero-order chi connectivity index (χ0) is 14.1. The topological polar surface area (TPSA) is 29.3 Å². The molecule has 1 aliphatic rings. The molecule has 0 fully saturated rings. The van der Waals surface area contributed by atoms with Gasteiger partial charge in [-0.1, -0.05) is 42.5 Å². The van der Waals surface area contributed by atoms with E-state index in [-0.39, 0.29) is 0 Å². The molecule has 1 aliphatic heterocycles. The first-order valence-corrected chi connectivity index (χ1v) is 7.11. The number of nitrogens with two attached hydrogens (primary N) is 1. The highest BCUT2D eigenvalue weighted by Crippen LogP contribution is 2.35. The van der Waals surface area contributed by atoms with Crippen molar-refractivity contribution >= 4 is 17.0 Å². The second-order valence-corrected chi connectivity index (χ2v) is 5.23. The summed E-state index contributed by atoms with van der Waals surface area (Å²) in [5.74, 6) is 0. The van der Waals surface area contributed by atoms with Crippen LogP contribution in [0.15, 0.2) is 48.5 Å². The minimum Gasteiger partial charge on any atom is -0.398 e. The summed E-state index contributed by atoms with van der Waals surface area (Å²) in [7, 11) is 0. The van der Waals surface area contributed by atoms with Crippen LogP contribution in [0.1, 0.15) is 30.5 Å². The van der Waals surface area contributed by atoms with E-state index in [1.165, 1.54) is 16.8 Å². The van der Waals surface area contributed by atoms with E-state index in [4.69, 9.17) is 5.73 Å². The SMILES string of the molecule is CCN1Cc2ccccc2/C(N)=C(/C)c2ccccc21. The number of fused-ring (bicyclic) bond motifs is 2. The van der Waals surface area contributed by atoms with Crippen LogP contribution >= 0.6 is 0 Å². The highest BCUT2D eigenvalue weighted by Gasteiger charge is 2.19. The van der Waals surface area contributed by atoms with Crippen LogP contribution in [0, 0.1) is 0 Å². The highest BCUT2D eigenvalue weighted by molar-refractivity contribution is 5.93. The van der Waals surface area contributed by atoms with Crippen LogP contribution in [0.5, 0.6) is 0 Å². The molecule has 0 aliphatic carbocycles. The normalized spacial score (nSPS) is 18.0. The third-order valence-corrected chi connectivity index (χ3v) is 4.10. The van der Waals surface area contributed by atoms with Gasteiger partial charge in [-0.2, -0.15) is 0 Å². The van der Waals surface area contributed by atoms with Gasteiger partial charge in [-0.25, -0.2) is 0 Å². The summed E-state index contributed by atoms with van der Waals surface area (Å²) in [4.78, 5) is 2.41. The molecule has 20 heavy (non-hydrogen) atoms. The number of anilines is 1. The van der Waals surface area contributed by atoms with Gasteiger partial charge in [0.15, 0.2) is 0 Å². The monoisotopic (exact) mass is 264 g/mol. The predicted molar refractivity (Wildman–Crippen MR) is 86.3 cm³/mol. The lowest BCUT2D eigenvalue weighted by atomic mass is 9.94. The first kappa shape index (κ1) is 12.8. The van der Waals surface area contributed by atoms with Crippen molar-refractivity contribution in [1.82, 2.24) is 0 Å². The largest absolute Gasteiger partial charge is 0.398 e. The lowest BCUT2D eigenvalue weighted by Crippen LogP contribution is -2.25. The minimum absolute atomic E-state index is 0.892. The van der Waals surface area contributed by atoms with Crippen LogP contribution in [0.25, 0.3) is 11.3 Å². The third kappa shape index (κ3) is 1.97. The van der Waals surface area contributed by atoms with Gasteiger partial charge in [0.05, 0.1) is 0 Å². The molecule has 3 rings (SSSR count). The number of rotatable bonds is 1. The van der Waals surface area contributed by atoms with Gasteiger partial charge in [0.25, 0.3) is 0 Å². The number of allylic oxidation sites excluding steroid dienone is 1. The fourth-order valence-electron chi connectivity index (χ4n) is 2.91. The molecule has 0 aromatic heterocycles. The Morgan fingerprint density at radius 1 is 1.00 bits per heavy atom. The van der Waals surface area contributed by atoms with Gasteiger partial charge < -0.3 is 10.6 Å². The Labute approximate surface area is 120 Å². The van der Waals surface area contributed by atoms with Gasteiger partial charge >= 0.3 is 0 Å². The maximum Gasteiger partial charge on any atom is 0.0446 e. The fourth-order valence-corrected chi connectivity index (χ4v) is 2.91. The van der Waals surface area contributed by atoms with Crippen LogP contribution in [-0.2, 0) is 6.54 Å². The Morgan fingerprint density at radius 3 is 2.40 bits per heavy atom. The smallest absolute Gasteiger partial charge is 0.0446 e. The van der Waals surface area contributed by atoms with Crippen LogP contribution in [0.4, 0.5) is 5.69 Å². The molecule has 0 unspecified atom stereocenters. The molecule has 2 N–H and O–H groups in total. The van der Waals surface area contributed by atoms with Crippen LogP contribution in [-0.4, -0.2) is 6.54 Å². The molecule has 0 radical (unpaired) electrons. The summed E-state index contributed by atoms with van der Waals surface area (Å²) in [5, 5.41) is 0. The van der Waals surface area contributed by atoms with E-state index in [0.717, 1.165) is 29.9 Å². The van der Waals surface area contributed by atoms with E-state index in [9.17, 15) is 0 Å². The first-order chi connectivity index (χ1) is 9.72. The summed E-state index contributed by atoms with van der Waals surface area (Å²) in [5.41, 5.74) is 13.4. The second kappa shape index (κ2) is 5.04. The Morgan fingerprint density at radius 2 is 1.65 bits per heavy atom.